The van der Waals surface area contributed by atoms with Gasteiger partial charge in [-0.05, 0) is 31.4 Å². The van der Waals surface area contributed by atoms with E-state index in [0.29, 0.717) is 0 Å². The number of hydrogen-bond acceptors (Lipinski definition) is 5. The van der Waals surface area contributed by atoms with Crippen molar-refractivity contribution in [3.05, 3.63) is 35.4 Å². The Bertz CT molecular complexity index is 765. The van der Waals surface area contributed by atoms with Crippen LogP contribution in [0.4, 0.5) is 0 Å². The van der Waals surface area contributed by atoms with Crippen molar-refractivity contribution in [2.45, 2.75) is 24.5 Å². The van der Waals surface area contributed by atoms with Crippen LogP contribution in [0, 0.1) is 11.8 Å². The smallest absolute Gasteiger partial charge is 0.335 e. The summed E-state index contributed by atoms with van der Waals surface area (Å²) < 4.78 is 32.4. The van der Waals surface area contributed by atoms with Crippen LogP contribution in [0.15, 0.2) is 24.3 Å². The van der Waals surface area contributed by atoms with E-state index in [4.69, 9.17) is 10.2 Å². The molecule has 1 aliphatic rings. The van der Waals surface area contributed by atoms with E-state index in [9.17, 15) is 27.4 Å². The molecular formula is C15H16O8S. The quantitative estimate of drug-likeness (QED) is 0.529. The van der Waals surface area contributed by atoms with Gasteiger partial charge in [-0.1, -0.05) is 12.1 Å². The molecule has 0 aliphatic heterocycles. The Morgan fingerprint density at radius 1 is 0.958 bits per heavy atom. The van der Waals surface area contributed by atoms with Gasteiger partial charge in [-0.25, -0.2) is 4.79 Å². The molecule has 0 unspecified atom stereocenters. The van der Waals surface area contributed by atoms with Crippen LogP contribution in [0.2, 0.25) is 0 Å². The molecule has 24 heavy (non-hydrogen) atoms. The lowest BCUT2D eigenvalue weighted by Gasteiger charge is -2.31. The Hall–Kier alpha value is -2.26. The number of benzene rings is 1. The van der Waals surface area contributed by atoms with E-state index in [1.54, 1.807) is 0 Å². The van der Waals surface area contributed by atoms with Crippen LogP contribution in [0.5, 0.6) is 0 Å². The number of ketones is 1. The highest BCUT2D eigenvalue weighted by Crippen LogP contribution is 2.35. The SMILES string of the molecule is O=C(O)c1ccc(C(=O)[C@@H]2C[C@H](C(=O)O)CC[C@@H]2S(=O)(=O)O)cc1. The van der Waals surface area contributed by atoms with Crippen LogP contribution in [-0.2, 0) is 14.9 Å². The van der Waals surface area contributed by atoms with Crippen LogP contribution in [0.3, 0.4) is 0 Å². The Morgan fingerprint density at radius 3 is 1.96 bits per heavy atom. The summed E-state index contributed by atoms with van der Waals surface area (Å²) in [6, 6.07) is 4.90. The van der Waals surface area contributed by atoms with Gasteiger partial charge < -0.3 is 10.2 Å². The van der Waals surface area contributed by atoms with Crippen LogP contribution < -0.4 is 0 Å². The maximum Gasteiger partial charge on any atom is 0.335 e. The number of carbonyl (C=O) groups excluding carboxylic acids is 1. The molecule has 1 aromatic rings. The van der Waals surface area contributed by atoms with Gasteiger partial charge in [-0.3, -0.25) is 14.1 Å². The monoisotopic (exact) mass is 356 g/mol. The fraction of sp³-hybridized carbons (Fsp3) is 0.400. The molecule has 0 amide bonds. The molecular weight excluding hydrogens is 340 g/mol. The van der Waals surface area contributed by atoms with Crippen molar-refractivity contribution in [1.29, 1.82) is 0 Å². The minimum atomic E-state index is -4.51. The van der Waals surface area contributed by atoms with Gasteiger partial charge in [-0.15, -0.1) is 0 Å². The molecule has 0 bridgehead atoms. The first-order valence-corrected chi connectivity index (χ1v) is 8.68. The maximum absolute atomic E-state index is 12.6. The number of carboxylic acids is 2. The van der Waals surface area contributed by atoms with Crippen LogP contribution in [-0.4, -0.2) is 46.2 Å². The molecule has 0 spiro atoms. The van der Waals surface area contributed by atoms with Crippen molar-refractivity contribution in [3.8, 4) is 0 Å². The van der Waals surface area contributed by atoms with E-state index in [0.717, 1.165) is 0 Å². The van der Waals surface area contributed by atoms with E-state index in [-0.39, 0.29) is 30.4 Å². The van der Waals surface area contributed by atoms with Gasteiger partial charge >= 0.3 is 11.9 Å². The first-order chi connectivity index (χ1) is 11.1. The zero-order valence-electron chi connectivity index (χ0n) is 12.5. The lowest BCUT2D eigenvalue weighted by Crippen LogP contribution is -2.41. The van der Waals surface area contributed by atoms with Gasteiger partial charge in [0.1, 0.15) is 0 Å². The van der Waals surface area contributed by atoms with Crippen molar-refractivity contribution in [3.63, 3.8) is 0 Å². The molecule has 9 heteroatoms. The highest BCUT2D eigenvalue weighted by molar-refractivity contribution is 7.86. The van der Waals surface area contributed by atoms with E-state index in [1.807, 2.05) is 0 Å². The number of rotatable bonds is 5. The van der Waals surface area contributed by atoms with Crippen LogP contribution in [0.25, 0.3) is 0 Å². The number of carbonyl (C=O) groups is 3. The molecule has 130 valence electrons. The fourth-order valence-corrected chi connectivity index (χ4v) is 4.07. The van der Waals surface area contributed by atoms with Gasteiger partial charge in [-0.2, -0.15) is 8.42 Å². The summed E-state index contributed by atoms with van der Waals surface area (Å²) in [7, 11) is -4.51. The molecule has 3 N–H and O–H groups in total. The molecule has 1 aliphatic carbocycles. The molecule has 1 fully saturated rings. The van der Waals surface area contributed by atoms with Crippen molar-refractivity contribution in [2.24, 2.45) is 11.8 Å². The summed E-state index contributed by atoms with van der Waals surface area (Å²) in [6.45, 7) is 0. The lowest BCUT2D eigenvalue weighted by molar-refractivity contribution is -0.143. The topological polar surface area (TPSA) is 146 Å². The predicted octanol–water partition coefficient (Wildman–Crippen LogP) is 1.32. The first kappa shape index (κ1) is 18.1. The molecule has 1 saturated carbocycles. The summed E-state index contributed by atoms with van der Waals surface area (Å²) in [4.78, 5) is 34.6. The van der Waals surface area contributed by atoms with Crippen LogP contribution >= 0.6 is 0 Å². The number of Topliss-reactive ketones (excluding diaryl/α,β-unsaturated/α-hetero) is 1. The summed E-state index contributed by atoms with van der Waals surface area (Å²) >= 11 is 0. The highest BCUT2D eigenvalue weighted by atomic mass is 32.2. The van der Waals surface area contributed by atoms with Crippen LogP contribution in [0.1, 0.15) is 40.0 Å². The third-order valence-corrected chi connectivity index (χ3v) is 5.60. The molecule has 0 aromatic heterocycles. The van der Waals surface area contributed by atoms with Gasteiger partial charge in [0.2, 0.25) is 0 Å². The van der Waals surface area contributed by atoms with E-state index in [2.05, 4.69) is 0 Å². The summed E-state index contributed by atoms with van der Waals surface area (Å²) in [5.41, 5.74) is 0.0367. The average molecular weight is 356 g/mol. The first-order valence-electron chi connectivity index (χ1n) is 7.18. The second kappa shape index (κ2) is 6.70. The van der Waals surface area contributed by atoms with Gasteiger partial charge in [0, 0.05) is 11.5 Å². The van der Waals surface area contributed by atoms with E-state index in [1.165, 1.54) is 24.3 Å². The van der Waals surface area contributed by atoms with Crippen molar-refractivity contribution in [2.75, 3.05) is 0 Å². The Labute approximate surface area is 137 Å². The van der Waals surface area contributed by atoms with Gasteiger partial charge in [0.05, 0.1) is 16.7 Å². The van der Waals surface area contributed by atoms with E-state index >= 15 is 0 Å². The molecule has 8 nitrogen and oxygen atoms in total. The Kier molecular flexibility index (Phi) is 5.05. The summed E-state index contributed by atoms with van der Waals surface area (Å²) in [6.07, 6.45) is -0.264. The van der Waals surface area contributed by atoms with Gasteiger partial charge in [0.25, 0.3) is 10.1 Å². The number of aliphatic carboxylic acids is 1. The summed E-state index contributed by atoms with van der Waals surface area (Å²) in [5, 5.41) is 16.6. The minimum absolute atomic E-state index is 0.0371. The minimum Gasteiger partial charge on any atom is -0.481 e. The molecule has 3 atom stereocenters. The normalized spacial score (nSPS) is 24.3. The second-order valence-corrected chi connectivity index (χ2v) is 7.39. The predicted molar refractivity (Wildman–Crippen MR) is 81.5 cm³/mol. The number of hydrogen-bond donors (Lipinski definition) is 3. The highest BCUT2D eigenvalue weighted by Gasteiger charge is 2.43. The van der Waals surface area contributed by atoms with Crippen molar-refractivity contribution in [1.82, 2.24) is 0 Å². The Balaban J connectivity index is 2.33. The van der Waals surface area contributed by atoms with Crippen molar-refractivity contribution >= 4 is 27.8 Å². The Morgan fingerprint density at radius 2 is 1.50 bits per heavy atom. The lowest BCUT2D eigenvalue weighted by atomic mass is 9.77. The molecule has 0 heterocycles. The largest absolute Gasteiger partial charge is 0.481 e. The maximum atomic E-state index is 12.6. The molecule has 2 rings (SSSR count). The number of carboxylic acid groups (broad SMARTS) is 2. The zero-order chi connectivity index (χ0) is 18.1. The average Bonchev–Trinajstić information content (AvgIpc) is 2.52. The fourth-order valence-electron chi connectivity index (χ4n) is 2.99. The summed E-state index contributed by atoms with van der Waals surface area (Å²) in [5.74, 6) is -4.97. The second-order valence-electron chi connectivity index (χ2n) is 5.75. The molecule has 0 radical (unpaired) electrons. The third-order valence-electron chi connectivity index (χ3n) is 4.27. The molecule has 1 aromatic carbocycles. The molecule has 0 saturated heterocycles. The van der Waals surface area contributed by atoms with Gasteiger partial charge in [0.15, 0.2) is 5.78 Å². The standard InChI is InChI=1S/C15H16O8S/c16-13(8-1-3-9(4-2-8)14(17)18)11-7-10(15(19)20)5-6-12(11)24(21,22)23/h1-4,10-12H,5-7H2,(H,17,18)(H,19,20)(H,21,22,23)/t10-,11-,12+/m1/s1. The van der Waals surface area contributed by atoms with E-state index < -0.39 is 44.9 Å². The number of aromatic carboxylic acids is 1. The zero-order valence-corrected chi connectivity index (χ0v) is 13.3. The van der Waals surface area contributed by atoms with Crippen molar-refractivity contribution < 1.29 is 37.6 Å². The third kappa shape index (κ3) is 3.80.